The molecule has 17 nitrogen and oxygen atoms in total. The van der Waals surface area contributed by atoms with Gasteiger partial charge in [0.15, 0.2) is 5.13 Å². The lowest BCUT2D eigenvalue weighted by Crippen LogP contribution is -2.56. The largest absolute Gasteiger partial charge is 0.497 e. The molecule has 18 heteroatoms. The first-order valence-corrected chi connectivity index (χ1v) is 23.7. The molecule has 3 aliphatic heterocycles. The average molecular weight is 936 g/mol. The zero-order valence-electron chi connectivity index (χ0n) is 38.5. The minimum atomic E-state index is -1.53. The number of allylic oxidation sites excluding steroid dienone is 1. The highest BCUT2D eigenvalue weighted by atomic mass is 32.1. The summed E-state index contributed by atoms with van der Waals surface area (Å²) in [5.74, 6) is -2.79. The predicted octanol–water partition coefficient (Wildman–Crippen LogP) is 6.82. The number of imide groups is 1. The van der Waals surface area contributed by atoms with E-state index in [0.29, 0.717) is 53.1 Å². The van der Waals surface area contributed by atoms with Gasteiger partial charge in [-0.15, -0.1) is 11.3 Å². The number of ether oxygens (including phenoxy) is 3. The van der Waals surface area contributed by atoms with Crippen molar-refractivity contribution in [1.82, 2.24) is 30.4 Å². The number of nitrogens with one attached hydrogen (secondary N) is 3. The van der Waals surface area contributed by atoms with Crippen molar-refractivity contribution >= 4 is 63.1 Å². The molecule has 0 bridgehead atoms. The number of carboxylic acid groups (broad SMARTS) is 1. The average Bonchev–Trinajstić information content (AvgIpc) is 3.51. The molecular formula is C49H57N7O10S. The lowest BCUT2D eigenvalue weighted by Gasteiger charge is -2.34. The van der Waals surface area contributed by atoms with Crippen molar-refractivity contribution in [2.45, 2.75) is 115 Å². The Morgan fingerprint density at radius 1 is 1.00 bits per heavy atom. The summed E-state index contributed by atoms with van der Waals surface area (Å²) in [6.07, 6.45) is 4.18. The first-order chi connectivity index (χ1) is 31.9. The molecule has 5 heterocycles. The number of pyridine rings is 1. The molecule has 0 radical (unpaired) electrons. The van der Waals surface area contributed by atoms with Crippen LogP contribution in [0.4, 0.5) is 9.93 Å². The van der Waals surface area contributed by atoms with Crippen LogP contribution in [0.15, 0.2) is 66.1 Å². The van der Waals surface area contributed by atoms with Crippen LogP contribution in [-0.2, 0) is 19.1 Å². The highest BCUT2D eigenvalue weighted by Gasteiger charge is 2.61. The van der Waals surface area contributed by atoms with E-state index in [1.54, 1.807) is 49.6 Å². The molecule has 8 rings (SSSR count). The molecule has 1 saturated carbocycles. The summed E-state index contributed by atoms with van der Waals surface area (Å²) in [6.45, 7) is 9.20. The number of carbonyl (C=O) groups excluding carboxylic acids is 5. The SMILES string of the molecule is COc1ccc2c(O[C@@H]3C[C@H]4C(=O)N[C@]5(C(=O)O)CC5/C=C\CCCCC[C@H](NC(=O)O[C@H](CN5C(=O)c6ccccc6C5=O)C(C)(C)C)C(=O)N4C3)cc(-c3csc(NC(C)C)n3)nc2c1. The van der Waals surface area contributed by atoms with Crippen LogP contribution in [0.1, 0.15) is 100 Å². The van der Waals surface area contributed by atoms with Crippen LogP contribution in [0.5, 0.6) is 11.5 Å². The number of aliphatic carboxylic acids is 1. The van der Waals surface area contributed by atoms with Gasteiger partial charge in [-0.1, -0.05) is 57.9 Å². The van der Waals surface area contributed by atoms with Crippen molar-refractivity contribution in [3.8, 4) is 22.9 Å². The molecule has 4 aliphatic rings. The second-order valence-electron chi connectivity index (χ2n) is 19.1. The van der Waals surface area contributed by atoms with Crippen LogP contribution in [-0.4, -0.2) is 117 Å². The van der Waals surface area contributed by atoms with Crippen molar-refractivity contribution in [2.75, 3.05) is 25.5 Å². The molecule has 2 aromatic heterocycles. The van der Waals surface area contributed by atoms with Gasteiger partial charge in [-0.3, -0.25) is 24.1 Å². The Kier molecular flexibility index (Phi) is 13.3. The summed E-state index contributed by atoms with van der Waals surface area (Å²) in [5.41, 5.74) is -0.0342. The molecule has 0 spiro atoms. The predicted molar refractivity (Wildman–Crippen MR) is 250 cm³/mol. The number of methoxy groups -OCH3 is 1. The van der Waals surface area contributed by atoms with Crippen molar-refractivity contribution in [2.24, 2.45) is 11.3 Å². The van der Waals surface area contributed by atoms with Gasteiger partial charge in [0.2, 0.25) is 11.8 Å². The lowest BCUT2D eigenvalue weighted by atomic mass is 9.88. The van der Waals surface area contributed by atoms with Gasteiger partial charge in [0.1, 0.15) is 47.0 Å². The molecule has 6 atom stereocenters. The topological polar surface area (TPSA) is 219 Å². The van der Waals surface area contributed by atoms with Crippen LogP contribution in [0.2, 0.25) is 0 Å². The number of fused-ring (bicyclic) bond motifs is 4. The van der Waals surface area contributed by atoms with Gasteiger partial charge in [-0.2, -0.15) is 0 Å². The second-order valence-corrected chi connectivity index (χ2v) is 19.9. The Balaban J connectivity index is 1.08. The van der Waals surface area contributed by atoms with Crippen LogP contribution in [0, 0.1) is 11.3 Å². The lowest BCUT2D eigenvalue weighted by molar-refractivity contribution is -0.145. The third-order valence-corrected chi connectivity index (χ3v) is 13.6. The van der Waals surface area contributed by atoms with Gasteiger partial charge in [0.05, 0.1) is 42.5 Å². The number of alkyl carbamates (subject to hydrolysis) is 1. The standard InChI is InChI=1S/C49H57N7O10S/c1-27(2)50-46-52-37(26-67-46)36-22-39(33-19-18-29(64-6)20-35(33)51-36)65-30-21-38-41(57)54-49(45(61)62)23-28(49)14-10-8-7-9-11-17-34(44(60)55(38)24-30)53-47(63)66-40(48(3,4)5)25-56-42(58)31-15-12-13-16-32(31)43(56)59/h10,12-16,18-20,22,26-28,30,34,38,40H,7-9,11,17,21,23-25H2,1-6H3,(H,50,52)(H,53,63)(H,54,57)(H,61,62)/b14-10-/t28?,30-,34+,38+,40-,49-/m1/s1. The molecule has 1 aliphatic carbocycles. The normalized spacial score (nSPS) is 24.2. The fourth-order valence-electron chi connectivity index (χ4n) is 8.93. The van der Waals surface area contributed by atoms with Gasteiger partial charge in [0.25, 0.3) is 11.8 Å². The molecule has 354 valence electrons. The summed E-state index contributed by atoms with van der Waals surface area (Å²) in [5, 5.41) is 22.6. The molecule has 4 N–H and O–H groups in total. The maximum Gasteiger partial charge on any atom is 0.408 e. The zero-order valence-corrected chi connectivity index (χ0v) is 39.3. The molecule has 1 saturated heterocycles. The van der Waals surface area contributed by atoms with Gasteiger partial charge < -0.3 is 40.2 Å². The second kappa shape index (κ2) is 19.0. The van der Waals surface area contributed by atoms with E-state index in [0.717, 1.165) is 16.5 Å². The van der Waals surface area contributed by atoms with E-state index in [1.807, 2.05) is 58.2 Å². The van der Waals surface area contributed by atoms with Crippen LogP contribution >= 0.6 is 11.3 Å². The number of hydrogen-bond acceptors (Lipinski definition) is 13. The first-order valence-electron chi connectivity index (χ1n) is 22.8. The number of benzene rings is 2. The number of thiazole rings is 1. The minimum Gasteiger partial charge on any atom is -0.497 e. The quantitative estimate of drug-likeness (QED) is 0.0898. The molecule has 1 unspecified atom stereocenters. The molecule has 67 heavy (non-hydrogen) atoms. The van der Waals surface area contributed by atoms with E-state index in [-0.39, 0.29) is 49.5 Å². The monoisotopic (exact) mass is 935 g/mol. The third kappa shape index (κ3) is 9.94. The number of carboxylic acids is 1. The van der Waals surface area contributed by atoms with E-state index in [4.69, 9.17) is 24.2 Å². The fraction of sp³-hybridized carbons (Fsp3) is 0.469. The van der Waals surface area contributed by atoms with Gasteiger partial charge in [0, 0.05) is 46.7 Å². The molecule has 5 amide bonds. The molecule has 2 fully saturated rings. The van der Waals surface area contributed by atoms with Crippen LogP contribution < -0.4 is 25.4 Å². The van der Waals surface area contributed by atoms with E-state index in [1.165, 1.54) is 16.2 Å². The zero-order chi connectivity index (χ0) is 47.8. The van der Waals surface area contributed by atoms with E-state index < -0.39 is 76.9 Å². The highest BCUT2D eigenvalue weighted by Crippen LogP contribution is 2.46. The third-order valence-electron chi connectivity index (χ3n) is 12.8. The minimum absolute atomic E-state index is 0.00574. The van der Waals surface area contributed by atoms with Crippen LogP contribution in [0.25, 0.3) is 22.3 Å². The Labute approximate surface area is 392 Å². The summed E-state index contributed by atoms with van der Waals surface area (Å²) in [7, 11) is 1.56. The van der Waals surface area contributed by atoms with Crippen molar-refractivity contribution in [1.29, 1.82) is 0 Å². The Hall–Kier alpha value is -6.56. The summed E-state index contributed by atoms with van der Waals surface area (Å²) >= 11 is 1.44. The summed E-state index contributed by atoms with van der Waals surface area (Å²) in [6, 6.07) is 11.5. The maximum absolute atomic E-state index is 15.0. The van der Waals surface area contributed by atoms with Gasteiger partial charge in [-0.05, 0) is 63.8 Å². The molecule has 4 aromatic rings. The van der Waals surface area contributed by atoms with E-state index in [2.05, 4.69) is 16.0 Å². The number of amides is 5. The first kappa shape index (κ1) is 47.0. The van der Waals surface area contributed by atoms with Gasteiger partial charge in [-0.25, -0.2) is 19.6 Å². The summed E-state index contributed by atoms with van der Waals surface area (Å²) in [4.78, 5) is 94.9. The fourth-order valence-corrected chi connectivity index (χ4v) is 9.78. The Morgan fingerprint density at radius 3 is 2.43 bits per heavy atom. The molecular weight excluding hydrogens is 879 g/mol. The van der Waals surface area contributed by atoms with Crippen LogP contribution in [0.3, 0.4) is 0 Å². The number of nitrogens with zero attached hydrogens (tertiary/aromatic N) is 4. The van der Waals surface area contributed by atoms with Crippen molar-refractivity contribution < 1.29 is 48.1 Å². The number of anilines is 1. The van der Waals surface area contributed by atoms with E-state index >= 15 is 0 Å². The molecule has 2 aromatic carbocycles. The Morgan fingerprint density at radius 2 is 1.75 bits per heavy atom. The highest BCUT2D eigenvalue weighted by molar-refractivity contribution is 7.14. The van der Waals surface area contributed by atoms with Crippen molar-refractivity contribution in [3.05, 3.63) is 77.2 Å². The number of hydrogen-bond donors (Lipinski definition) is 4. The number of carbonyl (C=O) groups is 6. The number of aromatic nitrogens is 2. The van der Waals surface area contributed by atoms with Crippen molar-refractivity contribution in [3.63, 3.8) is 0 Å². The van der Waals surface area contributed by atoms with E-state index in [9.17, 15) is 33.9 Å². The maximum atomic E-state index is 15.0. The number of rotatable bonds is 11. The van der Waals surface area contributed by atoms with Gasteiger partial charge >= 0.3 is 12.1 Å². The summed E-state index contributed by atoms with van der Waals surface area (Å²) < 4.78 is 18.3. The Bertz CT molecular complexity index is 2590. The smallest absolute Gasteiger partial charge is 0.408 e.